The molecule has 0 radical (unpaired) electrons. The average molecular weight is 1140 g/mol. The Labute approximate surface area is 508 Å². The maximum atomic E-state index is 12.6. The average Bonchev–Trinajstić information content (AvgIpc) is 3.47. The standard InChI is InChI=1S/C75H147NO5/c1-3-5-7-9-11-13-15-17-19-21-22-23-30-33-36-39-43-47-51-55-59-63-67-73(78)72(71-77)76-74(79)68-64-60-56-52-48-44-40-37-34-31-28-26-24-25-27-29-32-35-38-42-46-50-54-58-62-66-70-81-75(80)69-65-61-57-53-49-45-41-20-18-16-14-12-10-8-6-4-2/h24,26,72-73,77-78H,3-23,25,27-71H2,1-2H3,(H,76,79)/b26-24-. The fourth-order valence-corrected chi connectivity index (χ4v) is 12.1. The normalized spacial score (nSPS) is 12.5. The zero-order valence-corrected chi connectivity index (χ0v) is 55.3. The molecule has 0 fully saturated rings. The number of allylic oxidation sites excluding steroid dienone is 2. The van der Waals surface area contributed by atoms with E-state index in [9.17, 15) is 19.8 Å². The topological polar surface area (TPSA) is 95.9 Å². The Morgan fingerprint density at radius 1 is 0.333 bits per heavy atom. The maximum Gasteiger partial charge on any atom is 0.305 e. The molecule has 2 unspecified atom stereocenters. The van der Waals surface area contributed by atoms with Crippen LogP contribution in [0.2, 0.25) is 0 Å². The number of esters is 1. The Morgan fingerprint density at radius 2 is 0.580 bits per heavy atom. The summed E-state index contributed by atoms with van der Waals surface area (Å²) in [5, 5.41) is 23.4. The lowest BCUT2D eigenvalue weighted by molar-refractivity contribution is -0.143. The number of unbranched alkanes of at least 4 members (excludes halogenated alkanes) is 58. The van der Waals surface area contributed by atoms with E-state index in [1.807, 2.05) is 0 Å². The second-order valence-corrected chi connectivity index (χ2v) is 26.0. The van der Waals surface area contributed by atoms with Crippen LogP contribution < -0.4 is 5.32 Å². The summed E-state index contributed by atoms with van der Waals surface area (Å²) in [6.45, 7) is 5.01. The van der Waals surface area contributed by atoms with Crippen LogP contribution in [0.3, 0.4) is 0 Å². The quantitative estimate of drug-likeness (QED) is 0.0320. The van der Waals surface area contributed by atoms with E-state index in [2.05, 4.69) is 31.3 Å². The van der Waals surface area contributed by atoms with E-state index in [4.69, 9.17) is 4.74 Å². The molecule has 6 nitrogen and oxygen atoms in total. The van der Waals surface area contributed by atoms with Gasteiger partial charge in [0.15, 0.2) is 0 Å². The second-order valence-electron chi connectivity index (χ2n) is 26.0. The van der Waals surface area contributed by atoms with Crippen molar-refractivity contribution in [3.05, 3.63) is 12.2 Å². The molecular formula is C75H147NO5. The van der Waals surface area contributed by atoms with Crippen LogP contribution in [0.5, 0.6) is 0 Å². The third-order valence-electron chi connectivity index (χ3n) is 17.8. The van der Waals surface area contributed by atoms with Gasteiger partial charge in [-0.15, -0.1) is 0 Å². The third kappa shape index (κ3) is 67.6. The van der Waals surface area contributed by atoms with Crippen molar-refractivity contribution in [3.63, 3.8) is 0 Å². The molecule has 0 saturated heterocycles. The minimum Gasteiger partial charge on any atom is -0.466 e. The molecule has 0 aliphatic heterocycles. The van der Waals surface area contributed by atoms with Gasteiger partial charge in [-0.2, -0.15) is 0 Å². The molecule has 0 saturated carbocycles. The van der Waals surface area contributed by atoms with Crippen LogP contribution in [0, 0.1) is 0 Å². The van der Waals surface area contributed by atoms with Crippen LogP contribution >= 0.6 is 0 Å². The molecule has 6 heteroatoms. The number of rotatable bonds is 71. The SMILES string of the molecule is CCCCCCCCCCCCCCCCCCCCCCCCC(O)C(CO)NC(=O)CCCCCCCCCCCC/C=C\CCCCCCCCCCCCCCOC(=O)CCCCCCCCCCCCCCCCCC. The van der Waals surface area contributed by atoms with E-state index < -0.39 is 12.1 Å². The molecule has 482 valence electrons. The molecule has 81 heavy (non-hydrogen) atoms. The van der Waals surface area contributed by atoms with Crippen LogP contribution in [-0.2, 0) is 14.3 Å². The Hall–Kier alpha value is -1.40. The molecule has 0 aliphatic carbocycles. The zero-order valence-electron chi connectivity index (χ0n) is 55.3. The third-order valence-corrected chi connectivity index (χ3v) is 17.8. The lowest BCUT2D eigenvalue weighted by atomic mass is 10.0. The van der Waals surface area contributed by atoms with Crippen LogP contribution in [0.1, 0.15) is 431 Å². The lowest BCUT2D eigenvalue weighted by Crippen LogP contribution is -2.45. The van der Waals surface area contributed by atoms with Gasteiger partial charge in [0.2, 0.25) is 5.91 Å². The number of carbonyl (C=O) groups excluding carboxylic acids is 2. The first-order chi connectivity index (χ1) is 40.0. The van der Waals surface area contributed by atoms with Gasteiger partial charge in [0.25, 0.3) is 0 Å². The Balaban J connectivity index is 3.37. The van der Waals surface area contributed by atoms with E-state index in [0.29, 0.717) is 25.9 Å². The van der Waals surface area contributed by atoms with Crippen molar-refractivity contribution in [3.8, 4) is 0 Å². The van der Waals surface area contributed by atoms with Gasteiger partial charge in [0.1, 0.15) is 0 Å². The van der Waals surface area contributed by atoms with Crippen LogP contribution in [-0.4, -0.2) is 47.4 Å². The number of hydrogen-bond acceptors (Lipinski definition) is 5. The number of hydrogen-bond donors (Lipinski definition) is 3. The van der Waals surface area contributed by atoms with Crippen LogP contribution in [0.25, 0.3) is 0 Å². The van der Waals surface area contributed by atoms with Gasteiger partial charge in [0.05, 0.1) is 25.4 Å². The van der Waals surface area contributed by atoms with Crippen molar-refractivity contribution < 1.29 is 24.5 Å². The molecule has 0 aromatic carbocycles. The minimum absolute atomic E-state index is 0.0191. The van der Waals surface area contributed by atoms with Crippen molar-refractivity contribution in [2.24, 2.45) is 0 Å². The number of ether oxygens (including phenoxy) is 1. The van der Waals surface area contributed by atoms with Gasteiger partial charge >= 0.3 is 5.97 Å². The van der Waals surface area contributed by atoms with Gasteiger partial charge in [0, 0.05) is 12.8 Å². The van der Waals surface area contributed by atoms with Gasteiger partial charge < -0.3 is 20.3 Å². The van der Waals surface area contributed by atoms with E-state index in [0.717, 1.165) is 38.5 Å². The zero-order chi connectivity index (χ0) is 58.5. The maximum absolute atomic E-state index is 12.6. The number of carbonyl (C=O) groups is 2. The summed E-state index contributed by atoms with van der Waals surface area (Å²) in [4.78, 5) is 24.7. The molecule has 3 N–H and O–H groups in total. The summed E-state index contributed by atoms with van der Waals surface area (Å²) >= 11 is 0. The lowest BCUT2D eigenvalue weighted by Gasteiger charge is -2.22. The Kier molecular flexibility index (Phi) is 69.9. The summed E-state index contributed by atoms with van der Waals surface area (Å²) < 4.78 is 5.50. The van der Waals surface area contributed by atoms with Gasteiger partial charge in [-0.3, -0.25) is 9.59 Å². The molecule has 0 bridgehead atoms. The summed E-state index contributed by atoms with van der Waals surface area (Å²) in [5.74, 6) is -0.0123. The molecule has 0 aromatic rings. The van der Waals surface area contributed by atoms with Gasteiger partial charge in [-0.1, -0.05) is 379 Å². The predicted molar refractivity (Wildman–Crippen MR) is 357 cm³/mol. The summed E-state index contributed by atoms with van der Waals surface area (Å²) in [7, 11) is 0. The Bertz CT molecular complexity index is 1220. The van der Waals surface area contributed by atoms with Crippen molar-refractivity contribution in [2.45, 2.75) is 443 Å². The smallest absolute Gasteiger partial charge is 0.305 e. The molecule has 0 aliphatic rings. The van der Waals surface area contributed by atoms with Crippen LogP contribution in [0.4, 0.5) is 0 Å². The number of nitrogens with one attached hydrogen (secondary N) is 1. The van der Waals surface area contributed by atoms with Crippen molar-refractivity contribution in [1.82, 2.24) is 5.32 Å². The molecular weight excluding hydrogens is 995 g/mol. The summed E-state index contributed by atoms with van der Waals surface area (Å²) in [5.41, 5.74) is 0. The van der Waals surface area contributed by atoms with E-state index >= 15 is 0 Å². The van der Waals surface area contributed by atoms with E-state index in [1.54, 1.807) is 0 Å². The molecule has 0 spiro atoms. The van der Waals surface area contributed by atoms with Gasteiger partial charge in [-0.25, -0.2) is 0 Å². The first-order valence-electron chi connectivity index (χ1n) is 37.4. The summed E-state index contributed by atoms with van der Waals surface area (Å²) in [6.07, 6.45) is 88.5. The molecule has 0 heterocycles. The molecule has 0 rings (SSSR count). The molecule has 1 amide bonds. The van der Waals surface area contributed by atoms with Gasteiger partial charge in [-0.05, 0) is 51.4 Å². The van der Waals surface area contributed by atoms with E-state index in [-0.39, 0.29) is 18.5 Å². The van der Waals surface area contributed by atoms with E-state index in [1.165, 1.54) is 360 Å². The number of aliphatic hydroxyl groups is 2. The minimum atomic E-state index is -0.666. The van der Waals surface area contributed by atoms with Crippen LogP contribution in [0.15, 0.2) is 12.2 Å². The number of amides is 1. The highest BCUT2D eigenvalue weighted by Gasteiger charge is 2.20. The number of aliphatic hydroxyl groups excluding tert-OH is 2. The predicted octanol–water partition coefficient (Wildman–Crippen LogP) is 24.3. The van der Waals surface area contributed by atoms with Crippen molar-refractivity contribution in [1.29, 1.82) is 0 Å². The highest BCUT2D eigenvalue weighted by Crippen LogP contribution is 2.20. The second kappa shape index (κ2) is 71.1. The monoisotopic (exact) mass is 1140 g/mol. The first-order valence-corrected chi connectivity index (χ1v) is 37.4. The fraction of sp³-hybridized carbons (Fsp3) is 0.947. The largest absolute Gasteiger partial charge is 0.466 e. The first kappa shape index (κ1) is 79.6. The van der Waals surface area contributed by atoms with Crippen molar-refractivity contribution >= 4 is 11.9 Å². The highest BCUT2D eigenvalue weighted by molar-refractivity contribution is 5.76. The molecule has 0 aromatic heterocycles. The fourth-order valence-electron chi connectivity index (χ4n) is 12.1. The summed E-state index contributed by atoms with van der Waals surface area (Å²) in [6, 6.07) is -0.543. The Morgan fingerprint density at radius 3 is 0.877 bits per heavy atom. The highest BCUT2D eigenvalue weighted by atomic mass is 16.5. The molecule has 2 atom stereocenters. The van der Waals surface area contributed by atoms with Crippen molar-refractivity contribution in [2.75, 3.05) is 13.2 Å².